The predicted octanol–water partition coefficient (Wildman–Crippen LogP) is 3.94. The fourth-order valence-electron chi connectivity index (χ4n) is 6.33. The normalized spacial score (nSPS) is 52.6. The molecule has 0 amide bonds. The van der Waals surface area contributed by atoms with Crippen LogP contribution in [0.4, 0.5) is 0 Å². The number of fused-ring (bicyclic) bond motifs is 5. The van der Waals surface area contributed by atoms with Gasteiger partial charge in [0.25, 0.3) is 0 Å². The third kappa shape index (κ3) is 1.91. The van der Waals surface area contributed by atoms with Crippen molar-refractivity contribution in [3.8, 4) is 0 Å². The predicted molar refractivity (Wildman–Crippen MR) is 83.9 cm³/mol. The molecule has 0 bridgehead atoms. The molecule has 0 radical (unpaired) electrons. The molecule has 1 N–H and O–H groups in total. The van der Waals surface area contributed by atoms with Crippen LogP contribution in [-0.2, 0) is 4.74 Å². The van der Waals surface area contributed by atoms with Crippen LogP contribution in [0.5, 0.6) is 0 Å². The molecule has 2 nitrogen and oxygen atoms in total. The van der Waals surface area contributed by atoms with Crippen molar-refractivity contribution in [3.05, 3.63) is 11.6 Å². The Morgan fingerprint density at radius 1 is 1.24 bits per heavy atom. The molecule has 1 saturated heterocycles. The van der Waals surface area contributed by atoms with Gasteiger partial charge in [0, 0.05) is 13.2 Å². The molecule has 21 heavy (non-hydrogen) atoms. The minimum absolute atomic E-state index is 0.383. The van der Waals surface area contributed by atoms with Crippen LogP contribution in [0.1, 0.15) is 58.8 Å². The van der Waals surface area contributed by atoms with E-state index in [4.69, 9.17) is 4.74 Å². The summed E-state index contributed by atoms with van der Waals surface area (Å²) in [5, 5.41) is 9.79. The lowest BCUT2D eigenvalue weighted by molar-refractivity contribution is -0.0510. The van der Waals surface area contributed by atoms with E-state index in [1.165, 1.54) is 44.9 Å². The first kappa shape index (κ1) is 14.3. The van der Waals surface area contributed by atoms with Gasteiger partial charge in [-0.3, -0.25) is 0 Å². The average Bonchev–Trinajstić information content (AvgIpc) is 2.87. The van der Waals surface area contributed by atoms with Crippen molar-refractivity contribution in [1.29, 1.82) is 0 Å². The Balaban J connectivity index is 1.70. The van der Waals surface area contributed by atoms with Gasteiger partial charge in [-0.2, -0.15) is 0 Å². The fraction of sp³-hybridized carbons (Fsp3) is 0.895. The highest BCUT2D eigenvalue weighted by Gasteiger charge is 2.56. The second-order valence-corrected chi connectivity index (χ2v) is 8.63. The van der Waals surface area contributed by atoms with Crippen LogP contribution < -0.4 is 0 Å². The molecule has 1 aliphatic heterocycles. The molecule has 3 aliphatic carbocycles. The van der Waals surface area contributed by atoms with Gasteiger partial charge in [0.1, 0.15) is 0 Å². The highest BCUT2D eigenvalue weighted by atomic mass is 16.5. The van der Waals surface area contributed by atoms with E-state index in [1.807, 2.05) is 0 Å². The Morgan fingerprint density at radius 3 is 2.90 bits per heavy atom. The van der Waals surface area contributed by atoms with Gasteiger partial charge in [-0.1, -0.05) is 26.3 Å². The largest absolute Gasteiger partial charge is 0.396 e. The highest BCUT2D eigenvalue weighted by Crippen LogP contribution is 2.62. The quantitative estimate of drug-likeness (QED) is 0.741. The lowest BCUT2D eigenvalue weighted by atomic mass is 9.48. The second kappa shape index (κ2) is 4.83. The number of hydrogen-bond donors (Lipinski definition) is 1. The van der Waals surface area contributed by atoms with Crippen molar-refractivity contribution in [2.24, 2.45) is 28.6 Å². The van der Waals surface area contributed by atoms with Gasteiger partial charge in [0.05, 0.1) is 6.10 Å². The van der Waals surface area contributed by atoms with E-state index in [0.717, 1.165) is 6.61 Å². The lowest BCUT2D eigenvalue weighted by Gasteiger charge is -2.57. The maximum atomic E-state index is 9.79. The molecule has 0 spiro atoms. The summed E-state index contributed by atoms with van der Waals surface area (Å²) in [6, 6.07) is 0. The van der Waals surface area contributed by atoms with E-state index < -0.39 is 0 Å². The number of ether oxygens (including phenoxy) is 1. The molecule has 4 aliphatic rings. The molecule has 3 fully saturated rings. The van der Waals surface area contributed by atoms with Gasteiger partial charge >= 0.3 is 0 Å². The van der Waals surface area contributed by atoms with Crippen LogP contribution in [0.25, 0.3) is 0 Å². The maximum Gasteiger partial charge on any atom is 0.0842 e. The summed E-state index contributed by atoms with van der Waals surface area (Å²) in [6.45, 7) is 6.29. The minimum Gasteiger partial charge on any atom is -0.396 e. The van der Waals surface area contributed by atoms with Gasteiger partial charge in [-0.15, -0.1) is 0 Å². The third-order valence-electron chi connectivity index (χ3n) is 7.64. The van der Waals surface area contributed by atoms with Gasteiger partial charge < -0.3 is 9.84 Å². The van der Waals surface area contributed by atoms with Gasteiger partial charge in [0.2, 0.25) is 0 Å². The Bertz CT molecular complexity index is 456. The number of allylic oxidation sites excluding steroid dienone is 1. The third-order valence-corrected chi connectivity index (χ3v) is 7.64. The van der Waals surface area contributed by atoms with Crippen LogP contribution in [0.2, 0.25) is 0 Å². The summed E-state index contributed by atoms with van der Waals surface area (Å²) < 4.78 is 6.19. The summed E-state index contributed by atoms with van der Waals surface area (Å²) in [7, 11) is 0. The number of hydrogen-bond acceptors (Lipinski definition) is 2. The first-order valence-electron chi connectivity index (χ1n) is 9.01. The highest BCUT2D eigenvalue weighted by molar-refractivity contribution is 5.28. The molecule has 0 aromatic carbocycles. The van der Waals surface area contributed by atoms with E-state index >= 15 is 0 Å². The molecule has 118 valence electrons. The summed E-state index contributed by atoms with van der Waals surface area (Å²) in [6.07, 6.45) is 11.9. The van der Waals surface area contributed by atoms with Crippen molar-refractivity contribution in [2.45, 2.75) is 64.9 Å². The average molecular weight is 290 g/mol. The van der Waals surface area contributed by atoms with Crippen molar-refractivity contribution >= 4 is 0 Å². The van der Waals surface area contributed by atoms with Crippen molar-refractivity contribution in [1.82, 2.24) is 0 Å². The molecule has 2 heteroatoms. The zero-order valence-electron chi connectivity index (χ0n) is 13.6. The first-order valence-corrected chi connectivity index (χ1v) is 9.01. The molecule has 2 saturated carbocycles. The maximum absolute atomic E-state index is 9.79. The van der Waals surface area contributed by atoms with Gasteiger partial charge in [0.15, 0.2) is 0 Å². The Kier molecular flexibility index (Phi) is 3.28. The first-order chi connectivity index (χ1) is 10.1. The number of rotatable bonds is 1. The van der Waals surface area contributed by atoms with Crippen molar-refractivity contribution in [3.63, 3.8) is 0 Å². The van der Waals surface area contributed by atoms with E-state index in [9.17, 15) is 5.11 Å². The SMILES string of the molecule is C[C@@]12CCO[C@@H]1C1=CC[C@H]3[C@H](CO)CCC[C@]3(C)[C@H]1CC2. The van der Waals surface area contributed by atoms with Crippen LogP contribution in [0.15, 0.2) is 11.6 Å². The molecule has 4 rings (SSSR count). The minimum atomic E-state index is 0.383. The van der Waals surface area contributed by atoms with E-state index in [1.54, 1.807) is 5.57 Å². The molecule has 6 atom stereocenters. The smallest absolute Gasteiger partial charge is 0.0842 e. The van der Waals surface area contributed by atoms with Crippen molar-refractivity contribution < 1.29 is 9.84 Å². The molecule has 0 aromatic rings. The Hall–Kier alpha value is -0.340. The number of aliphatic hydroxyl groups excluding tert-OH is 1. The Labute approximate surface area is 129 Å². The summed E-state index contributed by atoms with van der Waals surface area (Å²) >= 11 is 0. The standard InChI is InChI=1S/C19H30O2/c1-18-9-7-16-14(17(18)21-11-10-18)5-6-15-13(12-20)4-3-8-19(15,16)2/h5,13,15-17,20H,3-4,6-12H2,1-2H3/t13-,15-,16-,17+,18+,19-/m0/s1. The molecule has 0 aromatic heterocycles. The molecular formula is C19H30O2. The van der Waals surface area contributed by atoms with Crippen LogP contribution in [0, 0.1) is 28.6 Å². The molecule has 1 heterocycles. The van der Waals surface area contributed by atoms with Gasteiger partial charge in [-0.25, -0.2) is 0 Å². The topological polar surface area (TPSA) is 29.5 Å². The lowest BCUT2D eigenvalue weighted by Crippen LogP contribution is -2.51. The van der Waals surface area contributed by atoms with Crippen LogP contribution in [-0.4, -0.2) is 24.4 Å². The molecular weight excluding hydrogens is 260 g/mol. The van der Waals surface area contributed by atoms with Crippen molar-refractivity contribution in [2.75, 3.05) is 13.2 Å². The van der Waals surface area contributed by atoms with Crippen LogP contribution >= 0.6 is 0 Å². The number of aliphatic hydroxyl groups is 1. The fourth-order valence-corrected chi connectivity index (χ4v) is 6.33. The zero-order chi connectivity index (χ0) is 14.7. The Morgan fingerprint density at radius 2 is 2.10 bits per heavy atom. The van der Waals surface area contributed by atoms with E-state index in [0.29, 0.717) is 41.3 Å². The zero-order valence-corrected chi connectivity index (χ0v) is 13.6. The van der Waals surface area contributed by atoms with Gasteiger partial charge in [-0.05, 0) is 72.7 Å². The summed E-state index contributed by atoms with van der Waals surface area (Å²) in [4.78, 5) is 0. The van der Waals surface area contributed by atoms with E-state index in [-0.39, 0.29) is 0 Å². The van der Waals surface area contributed by atoms with Crippen LogP contribution in [0.3, 0.4) is 0 Å². The summed E-state index contributed by atoms with van der Waals surface area (Å²) in [5.74, 6) is 1.93. The molecule has 0 unspecified atom stereocenters. The van der Waals surface area contributed by atoms with E-state index in [2.05, 4.69) is 19.9 Å². The monoisotopic (exact) mass is 290 g/mol. The summed E-state index contributed by atoms with van der Waals surface area (Å²) in [5.41, 5.74) is 2.44. The second-order valence-electron chi connectivity index (χ2n) is 8.63.